The molecule has 3 aliphatic rings. The van der Waals surface area contributed by atoms with E-state index in [2.05, 4.69) is 23.8 Å². The molecule has 8 nitrogen and oxygen atoms in total. The van der Waals surface area contributed by atoms with Crippen molar-refractivity contribution >= 4 is 28.4 Å². The van der Waals surface area contributed by atoms with Crippen LogP contribution in [-0.2, 0) is 16.2 Å². The van der Waals surface area contributed by atoms with Gasteiger partial charge in [0.2, 0.25) is 0 Å². The van der Waals surface area contributed by atoms with Crippen LogP contribution in [-0.4, -0.2) is 37.5 Å². The highest BCUT2D eigenvalue weighted by Gasteiger charge is 2.39. The Hall–Kier alpha value is -2.61. The van der Waals surface area contributed by atoms with Gasteiger partial charge >= 0.3 is 5.97 Å². The molecule has 0 bridgehead atoms. The second-order valence-corrected chi connectivity index (χ2v) is 9.21. The third-order valence-corrected chi connectivity index (χ3v) is 7.17. The highest BCUT2D eigenvalue weighted by molar-refractivity contribution is 5.97. The Labute approximate surface area is 182 Å². The Morgan fingerprint density at radius 1 is 1.32 bits per heavy atom. The summed E-state index contributed by atoms with van der Waals surface area (Å²) in [5, 5.41) is 18.8. The van der Waals surface area contributed by atoms with Gasteiger partial charge in [0, 0.05) is 24.3 Å². The summed E-state index contributed by atoms with van der Waals surface area (Å²) in [6.45, 7) is 4.85. The van der Waals surface area contributed by atoms with Crippen LogP contribution in [0.3, 0.4) is 0 Å². The molecule has 0 saturated heterocycles. The lowest BCUT2D eigenvalue weighted by atomic mass is 9.86. The minimum Gasteiger partial charge on any atom is -0.481 e. The standard InChI is InChI=1S/C23H31N5O3/c1-3-28-21-19(14(2)26-28)20(25-16-8-6-15(7-9-16)22(29)30)17(13-24-21)18-12-23(31-27-18)10-4-5-11-23/h12-13,15-16,27H,3-11H2,1-2H3,(H,24,25)(H,29,30). The molecule has 0 unspecified atom stereocenters. The SMILES string of the molecule is CCn1nc(C)c2c(NC3CCC(C(=O)O)CC3)c(C3=CC4(CCCC4)ON3)cnc21. The topological polar surface area (TPSA) is 101 Å². The van der Waals surface area contributed by atoms with E-state index in [1.165, 1.54) is 12.8 Å². The molecule has 2 saturated carbocycles. The van der Waals surface area contributed by atoms with E-state index >= 15 is 0 Å². The van der Waals surface area contributed by atoms with Gasteiger partial charge in [-0.2, -0.15) is 5.10 Å². The summed E-state index contributed by atoms with van der Waals surface area (Å²) in [6.07, 6.45) is 11.7. The number of aromatic nitrogens is 3. The normalized spacial score (nSPS) is 25.0. The van der Waals surface area contributed by atoms with Gasteiger partial charge in [-0.05, 0) is 58.4 Å². The van der Waals surface area contributed by atoms with Crippen molar-refractivity contribution in [2.45, 2.75) is 83.4 Å². The maximum atomic E-state index is 11.4. The van der Waals surface area contributed by atoms with Crippen LogP contribution in [0.1, 0.15) is 69.5 Å². The average molecular weight is 426 g/mol. The van der Waals surface area contributed by atoms with Crippen molar-refractivity contribution in [2.24, 2.45) is 5.92 Å². The minimum atomic E-state index is -0.676. The fourth-order valence-electron chi connectivity index (χ4n) is 5.41. The molecule has 3 N–H and O–H groups in total. The molecule has 2 fully saturated rings. The van der Waals surface area contributed by atoms with Gasteiger partial charge in [-0.3, -0.25) is 15.1 Å². The third-order valence-electron chi connectivity index (χ3n) is 7.17. The molecule has 0 atom stereocenters. The Kier molecular flexibility index (Phi) is 5.12. The van der Waals surface area contributed by atoms with Gasteiger partial charge in [0.25, 0.3) is 0 Å². The smallest absolute Gasteiger partial charge is 0.306 e. The number of anilines is 1. The van der Waals surface area contributed by atoms with Gasteiger partial charge < -0.3 is 10.4 Å². The summed E-state index contributed by atoms with van der Waals surface area (Å²) in [7, 11) is 0. The fourth-order valence-corrected chi connectivity index (χ4v) is 5.41. The number of rotatable bonds is 5. The highest BCUT2D eigenvalue weighted by Crippen LogP contribution is 2.42. The number of nitrogens with zero attached hydrogens (tertiary/aromatic N) is 3. The van der Waals surface area contributed by atoms with E-state index in [1.807, 2.05) is 17.8 Å². The number of pyridine rings is 1. The molecule has 3 heterocycles. The summed E-state index contributed by atoms with van der Waals surface area (Å²) < 4.78 is 1.94. The number of nitrogens with one attached hydrogen (secondary N) is 2. The molecule has 0 radical (unpaired) electrons. The van der Waals surface area contributed by atoms with Crippen LogP contribution in [0.4, 0.5) is 5.69 Å². The van der Waals surface area contributed by atoms with Crippen LogP contribution in [0.5, 0.6) is 0 Å². The molecule has 166 valence electrons. The van der Waals surface area contributed by atoms with Gasteiger partial charge in [0.1, 0.15) is 5.60 Å². The maximum Gasteiger partial charge on any atom is 0.306 e. The average Bonchev–Trinajstić information content (AvgIpc) is 3.49. The minimum absolute atomic E-state index is 0.205. The number of aryl methyl sites for hydroxylation is 2. The Bertz CT molecular complexity index is 1030. The molecule has 0 aromatic carbocycles. The summed E-state index contributed by atoms with van der Waals surface area (Å²) in [5.41, 5.74) is 7.79. The van der Waals surface area contributed by atoms with Gasteiger partial charge in [-0.25, -0.2) is 9.67 Å². The molecular weight excluding hydrogens is 394 g/mol. The van der Waals surface area contributed by atoms with Gasteiger partial charge in [-0.1, -0.05) is 12.8 Å². The number of carbonyl (C=O) groups is 1. The number of hydroxylamine groups is 1. The van der Waals surface area contributed by atoms with Gasteiger partial charge in [0.15, 0.2) is 5.65 Å². The van der Waals surface area contributed by atoms with Gasteiger partial charge in [0.05, 0.1) is 28.4 Å². The first-order valence-corrected chi connectivity index (χ1v) is 11.5. The van der Waals surface area contributed by atoms with E-state index in [0.717, 1.165) is 65.9 Å². The predicted octanol–water partition coefficient (Wildman–Crippen LogP) is 4.00. The van der Waals surface area contributed by atoms with Gasteiger partial charge in [-0.15, -0.1) is 0 Å². The third kappa shape index (κ3) is 3.56. The van der Waals surface area contributed by atoms with Crippen molar-refractivity contribution in [2.75, 3.05) is 5.32 Å². The van der Waals surface area contributed by atoms with Crippen LogP contribution in [0.2, 0.25) is 0 Å². The molecular formula is C23H31N5O3. The monoisotopic (exact) mass is 425 g/mol. The van der Waals surface area contributed by atoms with E-state index in [1.54, 1.807) is 0 Å². The van der Waals surface area contributed by atoms with E-state index < -0.39 is 5.97 Å². The van der Waals surface area contributed by atoms with Crippen molar-refractivity contribution < 1.29 is 14.7 Å². The zero-order valence-electron chi connectivity index (χ0n) is 18.3. The highest BCUT2D eigenvalue weighted by atomic mass is 16.7. The lowest BCUT2D eigenvalue weighted by Crippen LogP contribution is -2.30. The van der Waals surface area contributed by atoms with Crippen molar-refractivity contribution in [3.8, 4) is 0 Å². The van der Waals surface area contributed by atoms with E-state index in [9.17, 15) is 9.90 Å². The maximum absolute atomic E-state index is 11.4. The molecule has 31 heavy (non-hydrogen) atoms. The zero-order chi connectivity index (χ0) is 21.6. The Morgan fingerprint density at radius 3 is 2.74 bits per heavy atom. The summed E-state index contributed by atoms with van der Waals surface area (Å²) in [6, 6.07) is 0.229. The zero-order valence-corrected chi connectivity index (χ0v) is 18.3. The number of fused-ring (bicyclic) bond motifs is 1. The number of carboxylic acids is 1. The lowest BCUT2D eigenvalue weighted by molar-refractivity contribution is -0.142. The van der Waals surface area contributed by atoms with Crippen molar-refractivity contribution in [1.29, 1.82) is 0 Å². The van der Waals surface area contributed by atoms with Crippen molar-refractivity contribution in [1.82, 2.24) is 20.2 Å². The molecule has 8 heteroatoms. The Morgan fingerprint density at radius 2 is 2.06 bits per heavy atom. The largest absolute Gasteiger partial charge is 0.481 e. The molecule has 1 spiro atoms. The molecule has 2 aromatic heterocycles. The second-order valence-electron chi connectivity index (χ2n) is 9.21. The molecule has 1 aliphatic heterocycles. The van der Waals surface area contributed by atoms with Crippen LogP contribution >= 0.6 is 0 Å². The molecule has 2 aliphatic carbocycles. The van der Waals surface area contributed by atoms with Crippen molar-refractivity contribution in [3.63, 3.8) is 0 Å². The number of carboxylic acid groups (broad SMARTS) is 1. The second kappa shape index (κ2) is 7.82. The lowest BCUT2D eigenvalue weighted by Gasteiger charge is -2.29. The first kappa shape index (κ1) is 20.3. The first-order chi connectivity index (χ1) is 15.0. The predicted molar refractivity (Wildman–Crippen MR) is 118 cm³/mol. The summed E-state index contributed by atoms with van der Waals surface area (Å²) in [5.74, 6) is -0.904. The molecule has 2 aromatic rings. The van der Waals surface area contributed by atoms with Crippen molar-refractivity contribution in [3.05, 3.63) is 23.5 Å². The molecule has 0 amide bonds. The van der Waals surface area contributed by atoms with E-state index in [0.29, 0.717) is 12.8 Å². The van der Waals surface area contributed by atoms with Crippen LogP contribution < -0.4 is 10.8 Å². The number of hydrogen-bond acceptors (Lipinski definition) is 6. The molecule has 5 rings (SSSR count). The van der Waals surface area contributed by atoms with Crippen LogP contribution in [0.25, 0.3) is 16.7 Å². The first-order valence-electron chi connectivity index (χ1n) is 11.5. The van der Waals surface area contributed by atoms with Crippen LogP contribution in [0.15, 0.2) is 12.3 Å². The Balaban J connectivity index is 1.53. The quantitative estimate of drug-likeness (QED) is 0.665. The summed E-state index contributed by atoms with van der Waals surface area (Å²) in [4.78, 5) is 22.2. The van der Waals surface area contributed by atoms with E-state index in [4.69, 9.17) is 14.9 Å². The van der Waals surface area contributed by atoms with Crippen LogP contribution in [0, 0.1) is 12.8 Å². The fraction of sp³-hybridized carbons (Fsp3) is 0.609. The number of aliphatic carboxylic acids is 1. The van der Waals surface area contributed by atoms with E-state index in [-0.39, 0.29) is 17.6 Å². The number of hydrogen-bond donors (Lipinski definition) is 3. The summed E-state index contributed by atoms with van der Waals surface area (Å²) >= 11 is 0.